The Balaban J connectivity index is 2.06. The fourth-order valence-corrected chi connectivity index (χ4v) is 4.25. The number of alkyl halides is 4. The Labute approximate surface area is 194 Å². The van der Waals surface area contributed by atoms with Gasteiger partial charge < -0.3 is 5.73 Å². The van der Waals surface area contributed by atoms with Crippen LogP contribution in [-0.2, 0) is 0 Å². The van der Waals surface area contributed by atoms with E-state index >= 15 is 0 Å². The van der Waals surface area contributed by atoms with Crippen LogP contribution in [0.3, 0.4) is 0 Å². The molecule has 180 valence electrons. The van der Waals surface area contributed by atoms with Crippen LogP contribution in [0.5, 0.6) is 0 Å². The molecule has 2 atom stereocenters. The van der Waals surface area contributed by atoms with Crippen LogP contribution in [0.2, 0.25) is 0 Å². The Hall–Kier alpha value is -3.37. The van der Waals surface area contributed by atoms with E-state index in [4.69, 9.17) is 9.85 Å². The van der Waals surface area contributed by atoms with Gasteiger partial charge in [-0.3, -0.25) is 9.78 Å². The normalized spacial score (nSPS) is 21.7. The molecule has 1 fully saturated rings. The molecule has 1 aromatic carbocycles. The molecule has 5 nitrogen and oxygen atoms in total. The highest BCUT2D eigenvalue weighted by Gasteiger charge is 2.42. The van der Waals surface area contributed by atoms with Gasteiger partial charge in [-0.15, -0.1) is 0 Å². The van der Waals surface area contributed by atoms with Gasteiger partial charge in [0.2, 0.25) is 5.92 Å². The first kappa shape index (κ1) is 20.0. The molecule has 0 unspecified atom stereocenters. The van der Waals surface area contributed by atoms with Gasteiger partial charge in [0.1, 0.15) is 17.3 Å². The van der Waals surface area contributed by atoms with Gasteiger partial charge in [0.15, 0.2) is 0 Å². The molecule has 1 saturated carbocycles. The molecule has 34 heavy (non-hydrogen) atoms. The number of benzene rings is 1. The molecule has 1 amide bonds. The second-order valence-corrected chi connectivity index (χ2v) is 8.07. The number of aromatic nitrogens is 3. The van der Waals surface area contributed by atoms with Crippen molar-refractivity contribution in [2.75, 3.05) is 0 Å². The largest absolute Gasteiger partial charge is 0.365 e. The van der Waals surface area contributed by atoms with Gasteiger partial charge in [-0.25, -0.2) is 22.2 Å². The number of halogens is 6. The lowest BCUT2D eigenvalue weighted by Crippen LogP contribution is -2.30. The SMILES string of the molecule is [2H]C([2H])([2H])[C@@H]1CC(F)(F)CC[C@H]1c1nccc(-c2cc(F)ccc2F)c1-c1nn(C(F)F)cc1C(N)=O. The number of rotatable bonds is 5. The molecule has 4 rings (SSSR count). The summed E-state index contributed by atoms with van der Waals surface area (Å²) in [5.41, 5.74) is 3.39. The Kier molecular flexibility index (Phi) is 5.17. The maximum absolute atomic E-state index is 14.9. The van der Waals surface area contributed by atoms with E-state index in [2.05, 4.69) is 10.1 Å². The highest BCUT2D eigenvalue weighted by atomic mass is 19.3. The maximum atomic E-state index is 14.9. The van der Waals surface area contributed by atoms with E-state index in [1.807, 2.05) is 0 Å². The average molecular weight is 485 g/mol. The van der Waals surface area contributed by atoms with Crippen LogP contribution < -0.4 is 5.73 Å². The standard InChI is InChI=1S/C23H20F6N4O/c1-11-9-23(28,29)6-4-13(11)19-18(20-16(21(30)34)10-33(32-20)22(26)27)14(5-7-31-19)15-8-12(24)2-3-17(15)25/h2-3,5,7-8,10-11,13,22H,4,6,9H2,1H3,(H2,30,34)/t11-,13-/m1/s1/i1D3. The van der Waals surface area contributed by atoms with Gasteiger partial charge in [-0.05, 0) is 42.2 Å². The van der Waals surface area contributed by atoms with Crippen LogP contribution in [-0.4, -0.2) is 26.6 Å². The smallest absolute Gasteiger partial charge is 0.333 e. The number of carbonyl (C=O) groups is 1. The fraction of sp³-hybridized carbons (Fsp3) is 0.348. The fourth-order valence-electron chi connectivity index (χ4n) is 4.25. The topological polar surface area (TPSA) is 73.8 Å². The van der Waals surface area contributed by atoms with E-state index in [9.17, 15) is 31.1 Å². The van der Waals surface area contributed by atoms with Crippen LogP contribution in [0.15, 0.2) is 36.7 Å². The molecule has 11 heteroatoms. The van der Waals surface area contributed by atoms with Crippen molar-refractivity contribution in [3.63, 3.8) is 0 Å². The van der Waals surface area contributed by atoms with Crippen molar-refractivity contribution in [3.05, 3.63) is 59.6 Å². The van der Waals surface area contributed by atoms with Crippen molar-refractivity contribution in [1.82, 2.24) is 14.8 Å². The monoisotopic (exact) mass is 485 g/mol. The zero-order valence-corrected chi connectivity index (χ0v) is 17.4. The van der Waals surface area contributed by atoms with Gasteiger partial charge in [-0.2, -0.15) is 13.9 Å². The number of hydrogen-bond acceptors (Lipinski definition) is 3. The maximum Gasteiger partial charge on any atom is 0.333 e. The Morgan fingerprint density at radius 1 is 1.26 bits per heavy atom. The summed E-state index contributed by atoms with van der Waals surface area (Å²) in [5, 5.41) is 3.73. The molecule has 2 heterocycles. The van der Waals surface area contributed by atoms with Crippen molar-refractivity contribution >= 4 is 5.91 Å². The van der Waals surface area contributed by atoms with Gasteiger partial charge in [-0.1, -0.05) is 6.85 Å². The van der Waals surface area contributed by atoms with Crippen molar-refractivity contribution in [1.29, 1.82) is 0 Å². The molecule has 0 radical (unpaired) electrons. The molecule has 3 aromatic rings. The summed E-state index contributed by atoms with van der Waals surface area (Å²) in [6.07, 6.45) is -0.288. The minimum absolute atomic E-state index is 0.119. The first-order valence-electron chi connectivity index (χ1n) is 11.7. The third-order valence-electron chi connectivity index (χ3n) is 5.81. The molecule has 0 saturated heterocycles. The van der Waals surface area contributed by atoms with E-state index in [1.165, 1.54) is 6.07 Å². The number of nitrogens with zero attached hydrogens (tertiary/aromatic N) is 3. The highest BCUT2D eigenvalue weighted by Crippen LogP contribution is 2.48. The average Bonchev–Trinajstić information content (AvgIpc) is 3.25. The van der Waals surface area contributed by atoms with Crippen molar-refractivity contribution in [2.45, 2.75) is 44.5 Å². The number of hydrogen-bond donors (Lipinski definition) is 1. The van der Waals surface area contributed by atoms with Crippen molar-refractivity contribution in [3.8, 4) is 22.4 Å². The molecule has 0 bridgehead atoms. The van der Waals surface area contributed by atoms with Crippen molar-refractivity contribution < 1.29 is 35.2 Å². The van der Waals surface area contributed by atoms with Gasteiger partial charge in [0.25, 0.3) is 5.91 Å². The molecule has 1 aliphatic rings. The van der Waals surface area contributed by atoms with E-state index in [0.29, 0.717) is 6.20 Å². The summed E-state index contributed by atoms with van der Waals surface area (Å²) in [5.74, 6) is -9.06. The first-order chi connectivity index (χ1) is 17.2. The quantitative estimate of drug-likeness (QED) is 0.456. The second-order valence-electron chi connectivity index (χ2n) is 8.07. The van der Waals surface area contributed by atoms with Crippen LogP contribution >= 0.6 is 0 Å². The van der Waals surface area contributed by atoms with Crippen LogP contribution in [0.1, 0.15) is 58.7 Å². The molecular weight excluding hydrogens is 462 g/mol. The minimum Gasteiger partial charge on any atom is -0.365 e. The summed E-state index contributed by atoms with van der Waals surface area (Å²) >= 11 is 0. The number of amides is 1. The number of pyridine rings is 1. The Bertz CT molecular complexity index is 1340. The summed E-state index contributed by atoms with van der Waals surface area (Å²) in [6, 6.07) is 3.66. The zero-order chi connectivity index (χ0) is 27.3. The molecule has 1 aliphatic carbocycles. The summed E-state index contributed by atoms with van der Waals surface area (Å²) < 4.78 is 108. The summed E-state index contributed by atoms with van der Waals surface area (Å²) in [6.45, 7) is -6.09. The number of carbonyl (C=O) groups excluding carboxylic acids is 1. The lowest BCUT2D eigenvalue weighted by molar-refractivity contribution is -0.0558. The third kappa shape index (κ3) is 4.38. The van der Waals surface area contributed by atoms with E-state index in [0.717, 1.165) is 24.4 Å². The summed E-state index contributed by atoms with van der Waals surface area (Å²) in [7, 11) is 0. The zero-order valence-electron chi connectivity index (χ0n) is 20.4. The van der Waals surface area contributed by atoms with Gasteiger partial charge in [0.05, 0.1) is 11.3 Å². The predicted molar refractivity (Wildman–Crippen MR) is 111 cm³/mol. The Morgan fingerprint density at radius 3 is 2.71 bits per heavy atom. The van der Waals surface area contributed by atoms with Crippen LogP contribution in [0.4, 0.5) is 26.3 Å². The molecule has 2 N–H and O–H groups in total. The van der Waals surface area contributed by atoms with E-state index in [1.54, 1.807) is 0 Å². The number of nitrogens with two attached hydrogens (primary N) is 1. The molecule has 2 aromatic heterocycles. The highest BCUT2D eigenvalue weighted by molar-refractivity contribution is 6.01. The van der Waals surface area contributed by atoms with E-state index in [-0.39, 0.29) is 33.5 Å². The molecule has 0 aliphatic heterocycles. The van der Waals surface area contributed by atoms with E-state index < -0.39 is 72.8 Å². The lowest BCUT2D eigenvalue weighted by atomic mass is 9.74. The molecular formula is C23H20F6N4O. The second kappa shape index (κ2) is 8.77. The number of primary amides is 1. The Morgan fingerprint density at radius 2 is 2.03 bits per heavy atom. The van der Waals surface area contributed by atoms with Crippen LogP contribution in [0, 0.1) is 17.6 Å². The van der Waals surface area contributed by atoms with Gasteiger partial charge in [0, 0.05) is 46.4 Å². The third-order valence-corrected chi connectivity index (χ3v) is 5.81. The lowest BCUT2D eigenvalue weighted by Gasteiger charge is -2.34. The predicted octanol–water partition coefficient (Wildman–Crippen LogP) is 5.92. The summed E-state index contributed by atoms with van der Waals surface area (Å²) in [4.78, 5) is 16.4. The first-order valence-corrected chi connectivity index (χ1v) is 10.2. The van der Waals surface area contributed by atoms with Crippen molar-refractivity contribution in [2.24, 2.45) is 11.7 Å². The molecule has 0 spiro atoms. The van der Waals surface area contributed by atoms with Crippen LogP contribution in [0.25, 0.3) is 22.4 Å². The minimum atomic E-state index is -3.28. The van der Waals surface area contributed by atoms with Gasteiger partial charge >= 0.3 is 6.55 Å².